The van der Waals surface area contributed by atoms with Crippen molar-refractivity contribution in [2.75, 3.05) is 13.2 Å². The Kier molecular flexibility index (Phi) is 4.75. The molecule has 0 radical (unpaired) electrons. The fourth-order valence-electron chi connectivity index (χ4n) is 3.12. The second kappa shape index (κ2) is 6.66. The van der Waals surface area contributed by atoms with Crippen LogP contribution in [0.25, 0.3) is 0 Å². The van der Waals surface area contributed by atoms with Gasteiger partial charge in [-0.1, -0.05) is 5.16 Å². The van der Waals surface area contributed by atoms with Gasteiger partial charge in [0.1, 0.15) is 22.5 Å². The predicted octanol–water partition coefficient (Wildman–Crippen LogP) is 1.56. The number of hydrogen-bond donors (Lipinski definition) is 1. The summed E-state index contributed by atoms with van der Waals surface area (Å²) < 4.78 is 40.5. The van der Waals surface area contributed by atoms with Crippen molar-refractivity contribution in [1.82, 2.24) is 19.4 Å². The molecule has 0 spiro atoms. The lowest BCUT2D eigenvalue weighted by Crippen LogP contribution is -2.31. The van der Waals surface area contributed by atoms with E-state index >= 15 is 0 Å². The molecule has 1 N–H and O–H groups in total. The summed E-state index contributed by atoms with van der Waals surface area (Å²) in [5.41, 5.74) is 0.362. The standard InChI is InChI=1S/C15H22N4O4S/c1-4-19-7-6-16-15(19)13-12(5-8-22-13)9-17-24(20,21)14-10(2)18-23-11(14)3/h6-7,12-13,17H,4-5,8-9H2,1-3H3/t12-,13+/m0/s1. The van der Waals surface area contributed by atoms with Crippen LogP contribution in [0.1, 0.15) is 36.7 Å². The molecular formula is C15H22N4O4S. The summed E-state index contributed by atoms with van der Waals surface area (Å²) in [7, 11) is -3.66. The average molecular weight is 354 g/mol. The molecule has 0 unspecified atom stereocenters. The van der Waals surface area contributed by atoms with E-state index in [4.69, 9.17) is 9.26 Å². The fourth-order valence-corrected chi connectivity index (χ4v) is 4.54. The second-order valence-electron chi connectivity index (χ2n) is 5.92. The van der Waals surface area contributed by atoms with Gasteiger partial charge in [-0.2, -0.15) is 0 Å². The highest BCUT2D eigenvalue weighted by atomic mass is 32.2. The van der Waals surface area contributed by atoms with Crippen LogP contribution < -0.4 is 4.72 Å². The van der Waals surface area contributed by atoms with Crippen molar-refractivity contribution in [3.63, 3.8) is 0 Å². The van der Waals surface area contributed by atoms with Crippen LogP contribution in [0, 0.1) is 19.8 Å². The minimum atomic E-state index is -3.66. The van der Waals surface area contributed by atoms with Crippen LogP contribution in [0.15, 0.2) is 21.8 Å². The number of rotatable bonds is 6. The van der Waals surface area contributed by atoms with Gasteiger partial charge in [0.25, 0.3) is 0 Å². The molecule has 2 atom stereocenters. The quantitative estimate of drug-likeness (QED) is 0.845. The van der Waals surface area contributed by atoms with Crippen LogP contribution in [0.5, 0.6) is 0 Å². The van der Waals surface area contributed by atoms with E-state index in [1.807, 2.05) is 17.7 Å². The van der Waals surface area contributed by atoms with E-state index in [0.717, 1.165) is 18.8 Å². The van der Waals surface area contributed by atoms with Crippen molar-refractivity contribution in [2.24, 2.45) is 5.92 Å². The van der Waals surface area contributed by atoms with Gasteiger partial charge in [0.05, 0.1) is 0 Å². The molecule has 1 aliphatic rings. The normalized spacial score (nSPS) is 21.5. The lowest BCUT2D eigenvalue weighted by atomic mass is 10.0. The Morgan fingerprint density at radius 1 is 1.42 bits per heavy atom. The van der Waals surface area contributed by atoms with Crippen LogP contribution in [0.2, 0.25) is 0 Å². The summed E-state index contributed by atoms with van der Waals surface area (Å²) in [4.78, 5) is 4.50. The molecule has 2 aromatic heterocycles. The van der Waals surface area contributed by atoms with Gasteiger partial charge < -0.3 is 13.8 Å². The molecule has 1 aliphatic heterocycles. The zero-order valence-electron chi connectivity index (χ0n) is 14.0. The number of sulfonamides is 1. The molecule has 0 bridgehead atoms. The number of nitrogens with one attached hydrogen (secondary N) is 1. The first kappa shape index (κ1) is 17.1. The molecule has 1 saturated heterocycles. The van der Waals surface area contributed by atoms with E-state index in [-0.39, 0.29) is 23.5 Å². The van der Waals surface area contributed by atoms with Gasteiger partial charge in [-0.15, -0.1) is 0 Å². The predicted molar refractivity (Wildman–Crippen MR) is 85.9 cm³/mol. The van der Waals surface area contributed by atoms with E-state index < -0.39 is 10.0 Å². The zero-order chi connectivity index (χ0) is 17.3. The number of aromatic nitrogens is 3. The number of nitrogens with zero attached hydrogens (tertiary/aromatic N) is 3. The second-order valence-corrected chi connectivity index (χ2v) is 7.62. The maximum Gasteiger partial charge on any atom is 0.245 e. The summed E-state index contributed by atoms with van der Waals surface area (Å²) >= 11 is 0. The first-order valence-corrected chi connectivity index (χ1v) is 9.47. The Morgan fingerprint density at radius 3 is 2.88 bits per heavy atom. The molecule has 2 aromatic rings. The first-order chi connectivity index (χ1) is 11.4. The monoisotopic (exact) mass is 354 g/mol. The van der Waals surface area contributed by atoms with Crippen molar-refractivity contribution in [3.8, 4) is 0 Å². The minimum absolute atomic E-state index is 0.0351. The average Bonchev–Trinajstić information content (AvgIpc) is 3.24. The number of ether oxygens (including phenoxy) is 1. The van der Waals surface area contributed by atoms with E-state index in [1.165, 1.54) is 0 Å². The summed E-state index contributed by atoms with van der Waals surface area (Å²) in [5.74, 6) is 1.17. The largest absolute Gasteiger partial charge is 0.370 e. The molecule has 3 heterocycles. The molecule has 0 saturated carbocycles. The molecule has 0 aromatic carbocycles. The highest BCUT2D eigenvalue weighted by Gasteiger charge is 2.34. The zero-order valence-corrected chi connectivity index (χ0v) is 14.8. The Morgan fingerprint density at radius 2 is 2.21 bits per heavy atom. The topological polar surface area (TPSA) is 99.2 Å². The van der Waals surface area contributed by atoms with Gasteiger partial charge in [0, 0.05) is 38.0 Å². The highest BCUT2D eigenvalue weighted by molar-refractivity contribution is 7.89. The Labute approximate surface area is 141 Å². The van der Waals surface area contributed by atoms with E-state index in [1.54, 1.807) is 20.0 Å². The molecule has 0 aliphatic carbocycles. The summed E-state index contributed by atoms with van der Waals surface area (Å²) in [6.07, 6.45) is 4.23. The third kappa shape index (κ3) is 3.11. The molecule has 8 nitrogen and oxygen atoms in total. The summed E-state index contributed by atoms with van der Waals surface area (Å²) in [6.45, 7) is 6.92. The molecular weight excluding hydrogens is 332 g/mol. The van der Waals surface area contributed by atoms with Gasteiger partial charge >= 0.3 is 0 Å². The van der Waals surface area contributed by atoms with Gasteiger partial charge in [0.2, 0.25) is 10.0 Å². The van der Waals surface area contributed by atoms with Crippen LogP contribution in [-0.4, -0.2) is 36.3 Å². The van der Waals surface area contributed by atoms with Gasteiger partial charge in [-0.05, 0) is 27.2 Å². The molecule has 24 heavy (non-hydrogen) atoms. The maximum atomic E-state index is 12.5. The van der Waals surface area contributed by atoms with Crippen LogP contribution in [0.4, 0.5) is 0 Å². The van der Waals surface area contributed by atoms with Crippen molar-refractivity contribution < 1.29 is 17.7 Å². The Bertz CT molecular complexity index is 792. The van der Waals surface area contributed by atoms with Crippen molar-refractivity contribution in [3.05, 3.63) is 29.7 Å². The fraction of sp³-hybridized carbons (Fsp3) is 0.600. The van der Waals surface area contributed by atoms with E-state index in [9.17, 15) is 8.42 Å². The van der Waals surface area contributed by atoms with Crippen molar-refractivity contribution in [2.45, 2.75) is 44.7 Å². The lowest BCUT2D eigenvalue weighted by Gasteiger charge is -2.19. The first-order valence-electron chi connectivity index (χ1n) is 7.99. The number of imidazole rings is 1. The van der Waals surface area contributed by atoms with Crippen LogP contribution >= 0.6 is 0 Å². The maximum absolute atomic E-state index is 12.5. The molecule has 9 heteroatoms. The Balaban J connectivity index is 1.74. The van der Waals surface area contributed by atoms with Gasteiger partial charge in [0.15, 0.2) is 5.76 Å². The van der Waals surface area contributed by atoms with Gasteiger partial charge in [-0.25, -0.2) is 18.1 Å². The molecule has 132 valence electrons. The van der Waals surface area contributed by atoms with Crippen LogP contribution in [0.3, 0.4) is 0 Å². The minimum Gasteiger partial charge on any atom is -0.370 e. The summed E-state index contributed by atoms with van der Waals surface area (Å²) in [5, 5.41) is 3.71. The number of aryl methyl sites for hydroxylation is 3. The smallest absolute Gasteiger partial charge is 0.245 e. The SMILES string of the molecule is CCn1ccnc1[C@@H]1OCC[C@H]1CNS(=O)(=O)c1c(C)noc1C. The Hall–Kier alpha value is -1.71. The molecule has 0 amide bonds. The third-order valence-electron chi connectivity index (χ3n) is 4.33. The van der Waals surface area contributed by atoms with E-state index in [2.05, 4.69) is 14.9 Å². The highest BCUT2D eigenvalue weighted by Crippen LogP contribution is 2.33. The van der Waals surface area contributed by atoms with Crippen molar-refractivity contribution in [1.29, 1.82) is 0 Å². The molecule has 1 fully saturated rings. The third-order valence-corrected chi connectivity index (χ3v) is 6.00. The van der Waals surface area contributed by atoms with Gasteiger partial charge in [-0.3, -0.25) is 0 Å². The summed E-state index contributed by atoms with van der Waals surface area (Å²) in [6, 6.07) is 0. The molecule has 3 rings (SSSR count). The number of hydrogen-bond acceptors (Lipinski definition) is 6. The van der Waals surface area contributed by atoms with Crippen molar-refractivity contribution >= 4 is 10.0 Å². The lowest BCUT2D eigenvalue weighted by molar-refractivity contribution is 0.0816. The van der Waals surface area contributed by atoms with E-state index in [0.29, 0.717) is 18.1 Å². The van der Waals surface area contributed by atoms with Crippen LogP contribution in [-0.2, 0) is 21.3 Å².